The maximum Gasteiger partial charge on any atom is 0.341 e. The van der Waals surface area contributed by atoms with Gasteiger partial charge in [-0.25, -0.2) is 4.79 Å². The van der Waals surface area contributed by atoms with Gasteiger partial charge < -0.3 is 5.32 Å². The van der Waals surface area contributed by atoms with Crippen LogP contribution in [0.15, 0.2) is 18.2 Å². The van der Waals surface area contributed by atoms with Crippen LogP contribution < -0.4 is 10.8 Å². The molecule has 0 fully saturated rings. The van der Waals surface area contributed by atoms with Crippen molar-refractivity contribution >= 4 is 28.9 Å². The minimum Gasteiger partial charge on any atom is -0.349 e. The van der Waals surface area contributed by atoms with Crippen LogP contribution in [-0.2, 0) is 27.5 Å². The third-order valence-corrected chi connectivity index (χ3v) is 3.08. The van der Waals surface area contributed by atoms with Crippen LogP contribution in [0.25, 0.3) is 0 Å². The fraction of sp³-hybridized carbons (Fsp3) is 0.385. The third-order valence-electron chi connectivity index (χ3n) is 2.83. The predicted octanol–water partition coefficient (Wildman–Crippen LogP) is 1.91. The van der Waals surface area contributed by atoms with Crippen molar-refractivity contribution in [2.45, 2.75) is 26.2 Å². The number of thiocarbonyl (C=S) groups is 1. The Kier molecular flexibility index (Phi) is 4.84. The lowest BCUT2D eigenvalue weighted by Gasteiger charge is -2.09. The second-order valence-electron chi connectivity index (χ2n) is 4.36. The Labute approximate surface area is 117 Å². The van der Waals surface area contributed by atoms with Gasteiger partial charge in [-0.05, 0) is 42.5 Å². The summed E-state index contributed by atoms with van der Waals surface area (Å²) in [6, 6.07) is 6.28. The molecule has 2 N–H and O–H groups in total. The molecule has 0 aromatic heterocycles. The SMILES string of the molecule is CC(=O)OONCC(=S)Nc1ccc2c(c1)CCC2. The molecule has 0 heterocycles. The molecule has 2 rings (SSSR count). The first-order chi connectivity index (χ1) is 9.15. The van der Waals surface area contributed by atoms with E-state index in [0.717, 1.165) is 18.5 Å². The summed E-state index contributed by atoms with van der Waals surface area (Å²) in [5.74, 6) is -0.523. The molecule has 6 heteroatoms. The Morgan fingerprint density at radius 3 is 2.95 bits per heavy atom. The molecule has 19 heavy (non-hydrogen) atoms. The van der Waals surface area contributed by atoms with Gasteiger partial charge in [0.15, 0.2) is 0 Å². The Morgan fingerprint density at radius 2 is 2.16 bits per heavy atom. The average Bonchev–Trinajstić information content (AvgIpc) is 2.82. The van der Waals surface area contributed by atoms with Crippen LogP contribution >= 0.6 is 12.2 Å². The summed E-state index contributed by atoms with van der Waals surface area (Å²) < 4.78 is 0. The molecule has 0 spiro atoms. The summed E-state index contributed by atoms with van der Waals surface area (Å²) in [5.41, 5.74) is 6.22. The van der Waals surface area contributed by atoms with E-state index in [1.165, 1.54) is 24.5 Å². The Hall–Kier alpha value is -1.50. The number of benzene rings is 1. The normalized spacial score (nSPS) is 12.9. The van der Waals surface area contributed by atoms with Crippen molar-refractivity contribution in [3.8, 4) is 0 Å². The lowest BCUT2D eigenvalue weighted by molar-refractivity contribution is -0.304. The molecule has 1 aliphatic rings. The summed E-state index contributed by atoms with van der Waals surface area (Å²) >= 11 is 5.15. The van der Waals surface area contributed by atoms with E-state index in [0.29, 0.717) is 4.99 Å². The standard InChI is InChI=1S/C13H16N2O3S/c1-9(16)17-18-14-8-13(19)15-12-6-5-10-3-2-4-11(10)7-12/h5-7,14H,2-4,8H2,1H3,(H,15,19). The van der Waals surface area contributed by atoms with Crippen molar-refractivity contribution in [3.63, 3.8) is 0 Å². The number of carbonyl (C=O) groups is 1. The highest BCUT2D eigenvalue weighted by atomic mass is 32.1. The number of aryl methyl sites for hydroxylation is 2. The van der Waals surface area contributed by atoms with Crippen molar-refractivity contribution in [2.75, 3.05) is 11.9 Å². The topological polar surface area (TPSA) is 59.6 Å². The summed E-state index contributed by atoms with van der Waals surface area (Å²) in [5, 5.41) is 3.11. The largest absolute Gasteiger partial charge is 0.349 e. The number of nitrogens with one attached hydrogen (secondary N) is 2. The van der Waals surface area contributed by atoms with Gasteiger partial charge in [0.1, 0.15) is 0 Å². The average molecular weight is 280 g/mol. The number of hydrogen-bond donors (Lipinski definition) is 2. The molecule has 5 nitrogen and oxygen atoms in total. The Morgan fingerprint density at radius 1 is 1.37 bits per heavy atom. The van der Waals surface area contributed by atoms with Gasteiger partial charge in [-0.2, -0.15) is 5.48 Å². The minimum atomic E-state index is -0.523. The zero-order valence-electron chi connectivity index (χ0n) is 10.7. The first-order valence-electron chi connectivity index (χ1n) is 6.14. The molecule has 0 saturated heterocycles. The van der Waals surface area contributed by atoms with Gasteiger partial charge in [0.05, 0.1) is 11.5 Å². The summed E-state index contributed by atoms with van der Waals surface area (Å²) in [7, 11) is 0. The number of carbonyl (C=O) groups excluding carboxylic acids is 1. The second-order valence-corrected chi connectivity index (χ2v) is 4.86. The zero-order chi connectivity index (χ0) is 13.7. The van der Waals surface area contributed by atoms with Gasteiger partial charge in [0.25, 0.3) is 0 Å². The molecule has 0 saturated carbocycles. The van der Waals surface area contributed by atoms with E-state index in [9.17, 15) is 4.79 Å². The predicted molar refractivity (Wildman–Crippen MR) is 75.5 cm³/mol. The first-order valence-corrected chi connectivity index (χ1v) is 6.54. The van der Waals surface area contributed by atoms with E-state index >= 15 is 0 Å². The first kappa shape index (κ1) is 13.9. The molecule has 0 atom stereocenters. The van der Waals surface area contributed by atoms with Crippen LogP contribution in [0.3, 0.4) is 0 Å². The molecule has 1 aromatic carbocycles. The summed E-state index contributed by atoms with van der Waals surface area (Å²) in [6.45, 7) is 1.52. The van der Waals surface area contributed by atoms with Gasteiger partial charge in [0, 0.05) is 12.6 Å². The van der Waals surface area contributed by atoms with Crippen LogP contribution in [0.1, 0.15) is 24.5 Å². The van der Waals surface area contributed by atoms with E-state index in [4.69, 9.17) is 12.2 Å². The van der Waals surface area contributed by atoms with Crippen molar-refractivity contribution < 1.29 is 14.7 Å². The molecule has 1 aliphatic carbocycles. The highest BCUT2D eigenvalue weighted by Gasteiger charge is 2.11. The van der Waals surface area contributed by atoms with Crippen molar-refractivity contribution in [1.82, 2.24) is 5.48 Å². The Balaban J connectivity index is 1.77. The van der Waals surface area contributed by atoms with E-state index < -0.39 is 5.97 Å². The molecule has 0 radical (unpaired) electrons. The maximum absolute atomic E-state index is 10.5. The van der Waals surface area contributed by atoms with Gasteiger partial charge in [0.2, 0.25) is 0 Å². The van der Waals surface area contributed by atoms with E-state index in [1.807, 2.05) is 6.07 Å². The summed E-state index contributed by atoms with van der Waals surface area (Å²) in [4.78, 5) is 19.7. The quantitative estimate of drug-likeness (QED) is 0.372. The molecule has 0 amide bonds. The van der Waals surface area contributed by atoms with Crippen molar-refractivity contribution in [1.29, 1.82) is 0 Å². The van der Waals surface area contributed by atoms with Crippen LogP contribution in [-0.4, -0.2) is 17.5 Å². The van der Waals surface area contributed by atoms with Gasteiger partial charge >= 0.3 is 5.97 Å². The number of fused-ring (bicyclic) bond motifs is 1. The smallest absolute Gasteiger partial charge is 0.341 e. The molecule has 0 bridgehead atoms. The van der Waals surface area contributed by atoms with Gasteiger partial charge in [-0.15, -0.1) is 0 Å². The third kappa shape index (κ3) is 4.27. The Bertz CT molecular complexity index is 491. The van der Waals surface area contributed by atoms with Crippen LogP contribution in [0.2, 0.25) is 0 Å². The molecular weight excluding hydrogens is 264 g/mol. The van der Waals surface area contributed by atoms with E-state index in [1.54, 1.807) is 0 Å². The maximum atomic E-state index is 10.5. The number of hydroxylamine groups is 1. The molecular formula is C13H16N2O3S. The number of rotatable bonds is 5. The molecule has 102 valence electrons. The number of hydrogen-bond acceptors (Lipinski definition) is 5. The van der Waals surface area contributed by atoms with Crippen molar-refractivity contribution in [2.24, 2.45) is 0 Å². The zero-order valence-corrected chi connectivity index (χ0v) is 11.5. The fourth-order valence-corrected chi connectivity index (χ4v) is 2.21. The fourth-order valence-electron chi connectivity index (χ4n) is 2.04. The minimum absolute atomic E-state index is 0.264. The second kappa shape index (κ2) is 6.60. The van der Waals surface area contributed by atoms with Crippen molar-refractivity contribution in [3.05, 3.63) is 29.3 Å². The van der Waals surface area contributed by atoms with Crippen LogP contribution in [0.4, 0.5) is 5.69 Å². The van der Waals surface area contributed by atoms with Gasteiger partial charge in [-0.1, -0.05) is 23.3 Å². The number of anilines is 1. The van der Waals surface area contributed by atoms with Gasteiger partial charge in [-0.3, -0.25) is 4.89 Å². The summed E-state index contributed by atoms with van der Waals surface area (Å²) in [6.07, 6.45) is 3.52. The van der Waals surface area contributed by atoms with Crippen LogP contribution in [0.5, 0.6) is 0 Å². The molecule has 0 unspecified atom stereocenters. The van der Waals surface area contributed by atoms with E-state index in [-0.39, 0.29) is 6.54 Å². The lowest BCUT2D eigenvalue weighted by atomic mass is 10.1. The lowest BCUT2D eigenvalue weighted by Crippen LogP contribution is -2.27. The highest BCUT2D eigenvalue weighted by Crippen LogP contribution is 2.24. The highest BCUT2D eigenvalue weighted by molar-refractivity contribution is 7.80. The monoisotopic (exact) mass is 280 g/mol. The molecule has 1 aromatic rings. The van der Waals surface area contributed by atoms with Crippen LogP contribution in [0, 0.1) is 0 Å². The van der Waals surface area contributed by atoms with E-state index in [2.05, 4.69) is 32.8 Å². The molecule has 0 aliphatic heterocycles.